The summed E-state index contributed by atoms with van der Waals surface area (Å²) in [6, 6.07) is 5.57. The van der Waals surface area contributed by atoms with Crippen LogP contribution in [0.25, 0.3) is 0 Å². The number of methoxy groups -OCH3 is 1. The molecule has 0 aliphatic rings. The number of thioether (sulfide) groups is 1. The van der Waals surface area contributed by atoms with Crippen LogP contribution in [0.4, 0.5) is 0 Å². The van der Waals surface area contributed by atoms with Crippen LogP contribution in [-0.2, 0) is 14.2 Å². The molecule has 1 aromatic carbocycles. The molecule has 0 saturated heterocycles. The van der Waals surface area contributed by atoms with E-state index in [2.05, 4.69) is 6.07 Å². The molecule has 0 aliphatic heterocycles. The lowest BCUT2D eigenvalue weighted by Crippen LogP contribution is -2.09. The predicted octanol–water partition coefficient (Wildman–Crippen LogP) is 2.47. The van der Waals surface area contributed by atoms with Crippen LogP contribution in [0.3, 0.4) is 0 Å². The number of ether oxygens (including phenoxy) is 3. The van der Waals surface area contributed by atoms with E-state index < -0.39 is 0 Å². The number of aryl methyl sites for hydroxylation is 1. The van der Waals surface area contributed by atoms with Crippen LogP contribution in [0.1, 0.15) is 5.56 Å². The van der Waals surface area contributed by atoms with Crippen molar-refractivity contribution in [2.45, 2.75) is 11.8 Å². The first-order chi connectivity index (χ1) is 9.22. The lowest BCUT2D eigenvalue weighted by atomic mass is 10.2. The number of benzene rings is 1. The van der Waals surface area contributed by atoms with E-state index in [-0.39, 0.29) is 0 Å². The van der Waals surface area contributed by atoms with E-state index >= 15 is 0 Å². The normalized spacial score (nSPS) is 10.8. The first-order valence-electron chi connectivity index (χ1n) is 6.30. The van der Waals surface area contributed by atoms with Crippen molar-refractivity contribution >= 4 is 11.8 Å². The van der Waals surface area contributed by atoms with Gasteiger partial charge in [-0.2, -0.15) is 0 Å². The van der Waals surface area contributed by atoms with Gasteiger partial charge in [0.1, 0.15) is 5.75 Å². The van der Waals surface area contributed by atoms with Crippen LogP contribution in [-0.4, -0.2) is 51.0 Å². The summed E-state index contributed by atoms with van der Waals surface area (Å²) < 4.78 is 15.6. The van der Waals surface area contributed by atoms with E-state index in [1.165, 1.54) is 0 Å². The quantitative estimate of drug-likeness (QED) is 0.529. The highest BCUT2D eigenvalue weighted by molar-refractivity contribution is 7.99. The monoisotopic (exact) mass is 286 g/mol. The molecule has 0 aromatic heterocycles. The van der Waals surface area contributed by atoms with Crippen molar-refractivity contribution in [1.82, 2.24) is 0 Å². The van der Waals surface area contributed by atoms with Gasteiger partial charge in [0.05, 0.1) is 33.0 Å². The summed E-state index contributed by atoms with van der Waals surface area (Å²) in [7, 11) is 1.65. The molecule has 0 spiro atoms. The summed E-state index contributed by atoms with van der Waals surface area (Å²) in [5.41, 5.74) is 1.06. The van der Waals surface area contributed by atoms with E-state index in [1.54, 1.807) is 31.0 Å². The molecule has 1 N–H and O–H groups in total. The van der Waals surface area contributed by atoms with Gasteiger partial charge in [-0.05, 0) is 30.7 Å². The van der Waals surface area contributed by atoms with Gasteiger partial charge in [0.2, 0.25) is 0 Å². The molecule has 1 aromatic rings. The molecule has 0 saturated carbocycles. The molecule has 1 rings (SSSR count). The fourth-order valence-corrected chi connectivity index (χ4v) is 2.40. The van der Waals surface area contributed by atoms with Gasteiger partial charge < -0.3 is 19.3 Å². The molecule has 108 valence electrons. The van der Waals surface area contributed by atoms with Crippen molar-refractivity contribution in [1.29, 1.82) is 0 Å². The van der Waals surface area contributed by atoms with E-state index in [0.717, 1.165) is 16.2 Å². The smallest absolute Gasteiger partial charge is 0.116 e. The zero-order valence-electron chi connectivity index (χ0n) is 11.6. The molecule has 0 aliphatic carbocycles. The number of phenols is 1. The zero-order chi connectivity index (χ0) is 13.9. The maximum atomic E-state index is 9.47. The van der Waals surface area contributed by atoms with Crippen molar-refractivity contribution in [2.24, 2.45) is 0 Å². The van der Waals surface area contributed by atoms with Crippen LogP contribution >= 0.6 is 11.8 Å². The van der Waals surface area contributed by atoms with Crippen molar-refractivity contribution in [3.05, 3.63) is 23.8 Å². The first-order valence-corrected chi connectivity index (χ1v) is 7.29. The van der Waals surface area contributed by atoms with Crippen LogP contribution in [0, 0.1) is 6.92 Å². The Labute approximate surface area is 119 Å². The van der Waals surface area contributed by atoms with Gasteiger partial charge in [-0.25, -0.2) is 0 Å². The molecule has 0 amide bonds. The van der Waals surface area contributed by atoms with Crippen molar-refractivity contribution in [3.8, 4) is 5.75 Å². The summed E-state index contributed by atoms with van der Waals surface area (Å²) >= 11 is 1.67. The molecular formula is C14H22O4S. The molecule has 19 heavy (non-hydrogen) atoms. The zero-order valence-corrected chi connectivity index (χ0v) is 12.4. The maximum Gasteiger partial charge on any atom is 0.116 e. The van der Waals surface area contributed by atoms with Crippen molar-refractivity contribution < 1.29 is 19.3 Å². The second kappa shape index (κ2) is 10.1. The number of phenolic OH excluding ortho intramolecular Hbond substituents is 1. The van der Waals surface area contributed by atoms with Gasteiger partial charge in [0.15, 0.2) is 0 Å². The lowest BCUT2D eigenvalue weighted by molar-refractivity contribution is 0.0286. The van der Waals surface area contributed by atoms with Gasteiger partial charge in [-0.15, -0.1) is 11.8 Å². The van der Waals surface area contributed by atoms with Crippen LogP contribution in [0.15, 0.2) is 23.1 Å². The fourth-order valence-electron chi connectivity index (χ4n) is 1.49. The second-order valence-corrected chi connectivity index (χ2v) is 5.24. The average molecular weight is 286 g/mol. The summed E-state index contributed by atoms with van der Waals surface area (Å²) in [5, 5.41) is 9.47. The Kier molecular flexibility index (Phi) is 8.66. The summed E-state index contributed by atoms with van der Waals surface area (Å²) in [4.78, 5) is 1.07. The minimum atomic E-state index is 0.315. The van der Waals surface area contributed by atoms with Crippen LogP contribution in [0.2, 0.25) is 0 Å². The second-order valence-electron chi connectivity index (χ2n) is 4.07. The molecule has 0 bridgehead atoms. The molecule has 0 radical (unpaired) electrons. The SMILES string of the molecule is COCCOCCOCCSc1cc(C)cc(O)c1. The Hall–Kier alpha value is -0.750. The Morgan fingerprint density at radius 1 is 1.00 bits per heavy atom. The molecule has 0 atom stereocenters. The number of rotatable bonds is 10. The number of aromatic hydroxyl groups is 1. The molecule has 0 fully saturated rings. The highest BCUT2D eigenvalue weighted by Crippen LogP contribution is 2.24. The number of hydrogen-bond acceptors (Lipinski definition) is 5. The van der Waals surface area contributed by atoms with Crippen LogP contribution in [0.5, 0.6) is 5.75 Å². The Morgan fingerprint density at radius 2 is 1.68 bits per heavy atom. The third-order valence-electron chi connectivity index (χ3n) is 2.34. The fraction of sp³-hybridized carbons (Fsp3) is 0.571. The largest absolute Gasteiger partial charge is 0.508 e. The Bertz CT molecular complexity index is 337. The van der Waals surface area contributed by atoms with Gasteiger partial charge in [-0.3, -0.25) is 0 Å². The minimum absolute atomic E-state index is 0.315. The van der Waals surface area contributed by atoms with Gasteiger partial charge in [0.25, 0.3) is 0 Å². The van der Waals surface area contributed by atoms with Crippen molar-refractivity contribution in [2.75, 3.05) is 45.9 Å². The van der Waals surface area contributed by atoms with Gasteiger partial charge >= 0.3 is 0 Å². The molecular weight excluding hydrogens is 264 g/mol. The minimum Gasteiger partial charge on any atom is -0.508 e. The van der Waals surface area contributed by atoms with E-state index in [1.807, 2.05) is 6.92 Å². The maximum absolute atomic E-state index is 9.47. The topological polar surface area (TPSA) is 47.9 Å². The predicted molar refractivity (Wildman–Crippen MR) is 77.1 cm³/mol. The third-order valence-corrected chi connectivity index (χ3v) is 3.28. The van der Waals surface area contributed by atoms with E-state index in [0.29, 0.717) is 38.8 Å². The first kappa shape index (κ1) is 16.3. The molecule has 0 heterocycles. The summed E-state index contributed by atoms with van der Waals surface area (Å²) in [5.74, 6) is 1.18. The summed E-state index contributed by atoms with van der Waals surface area (Å²) in [6.45, 7) is 5.07. The third kappa shape index (κ3) is 8.10. The lowest BCUT2D eigenvalue weighted by Gasteiger charge is -2.06. The molecule has 4 nitrogen and oxygen atoms in total. The van der Waals surface area contributed by atoms with E-state index in [9.17, 15) is 5.11 Å². The average Bonchev–Trinajstić information content (AvgIpc) is 2.36. The highest BCUT2D eigenvalue weighted by Gasteiger charge is 1.98. The summed E-state index contributed by atoms with van der Waals surface area (Å²) in [6.07, 6.45) is 0. The van der Waals surface area contributed by atoms with E-state index in [4.69, 9.17) is 14.2 Å². The number of hydrogen-bond donors (Lipinski definition) is 1. The highest BCUT2D eigenvalue weighted by atomic mass is 32.2. The van der Waals surface area contributed by atoms with Crippen molar-refractivity contribution in [3.63, 3.8) is 0 Å². The van der Waals surface area contributed by atoms with Crippen LogP contribution < -0.4 is 0 Å². The van der Waals surface area contributed by atoms with Gasteiger partial charge in [0, 0.05) is 17.8 Å². The van der Waals surface area contributed by atoms with Gasteiger partial charge in [-0.1, -0.05) is 0 Å². The Balaban J connectivity index is 2.01. The molecule has 0 unspecified atom stereocenters. The Morgan fingerprint density at radius 3 is 2.37 bits per heavy atom. The molecule has 5 heteroatoms. The standard InChI is InChI=1S/C14H22O4S/c1-12-9-13(15)11-14(10-12)19-8-7-18-6-5-17-4-3-16-2/h9-11,15H,3-8H2,1-2H3.